The Hall–Kier alpha value is -2.01. The highest BCUT2D eigenvalue weighted by atomic mass is 32.1. The van der Waals surface area contributed by atoms with Gasteiger partial charge in [0.05, 0.1) is 13.5 Å². The number of amides is 1. The van der Waals surface area contributed by atoms with Crippen LogP contribution in [0.3, 0.4) is 0 Å². The molecule has 1 saturated heterocycles. The fraction of sp³-hybridized carbons (Fsp3) is 0.353. The third-order valence-electron chi connectivity index (χ3n) is 3.96. The summed E-state index contributed by atoms with van der Waals surface area (Å²) >= 11 is 1.64. The van der Waals surface area contributed by atoms with E-state index < -0.39 is 0 Å². The molecule has 1 aromatic heterocycles. The number of carbonyl (C=O) groups is 1. The van der Waals surface area contributed by atoms with Crippen molar-refractivity contribution in [1.29, 1.82) is 0 Å². The molecule has 0 radical (unpaired) electrons. The van der Waals surface area contributed by atoms with Gasteiger partial charge in [-0.15, -0.1) is 11.3 Å². The minimum Gasteiger partial charge on any atom is -0.497 e. The highest BCUT2D eigenvalue weighted by Crippen LogP contribution is 2.22. The number of rotatable bonds is 4. The van der Waals surface area contributed by atoms with E-state index in [-0.39, 0.29) is 5.91 Å². The average molecular weight is 316 g/mol. The molecule has 0 aliphatic carbocycles. The van der Waals surface area contributed by atoms with E-state index in [0.29, 0.717) is 6.42 Å². The molecule has 0 atom stereocenters. The van der Waals surface area contributed by atoms with Gasteiger partial charge in [-0.2, -0.15) is 0 Å². The van der Waals surface area contributed by atoms with E-state index in [0.717, 1.165) is 42.5 Å². The third kappa shape index (κ3) is 3.42. The highest BCUT2D eigenvalue weighted by molar-refractivity contribution is 7.10. The van der Waals surface area contributed by atoms with E-state index in [2.05, 4.69) is 11.0 Å². The molecule has 3 rings (SSSR count). The van der Waals surface area contributed by atoms with E-state index in [4.69, 9.17) is 4.74 Å². The number of methoxy groups -OCH3 is 1. The molecular weight excluding hydrogens is 296 g/mol. The lowest BCUT2D eigenvalue weighted by molar-refractivity contribution is -0.130. The molecule has 0 unspecified atom stereocenters. The van der Waals surface area contributed by atoms with Crippen molar-refractivity contribution in [1.82, 2.24) is 4.90 Å². The first-order valence-corrected chi connectivity index (χ1v) is 8.33. The minimum atomic E-state index is 0.229. The summed E-state index contributed by atoms with van der Waals surface area (Å²) in [6.07, 6.45) is 0.525. The van der Waals surface area contributed by atoms with Crippen molar-refractivity contribution in [3.63, 3.8) is 0 Å². The largest absolute Gasteiger partial charge is 0.497 e. The van der Waals surface area contributed by atoms with Crippen LogP contribution in [0.1, 0.15) is 4.88 Å². The number of nitrogens with zero attached hydrogens (tertiary/aromatic N) is 2. The first-order valence-electron chi connectivity index (χ1n) is 7.45. The summed E-state index contributed by atoms with van der Waals surface area (Å²) < 4.78 is 5.27. The van der Waals surface area contributed by atoms with Crippen LogP contribution in [0.25, 0.3) is 0 Å². The van der Waals surface area contributed by atoms with Crippen LogP contribution in [0.2, 0.25) is 0 Å². The lowest BCUT2D eigenvalue weighted by Gasteiger charge is -2.36. The maximum Gasteiger partial charge on any atom is 0.227 e. The van der Waals surface area contributed by atoms with E-state index >= 15 is 0 Å². The Labute approximate surface area is 134 Å². The van der Waals surface area contributed by atoms with Crippen molar-refractivity contribution in [2.75, 3.05) is 38.2 Å². The lowest BCUT2D eigenvalue weighted by Crippen LogP contribution is -2.49. The molecule has 1 amide bonds. The number of hydrogen-bond acceptors (Lipinski definition) is 4. The minimum absolute atomic E-state index is 0.229. The van der Waals surface area contributed by atoms with Gasteiger partial charge < -0.3 is 14.5 Å². The summed E-state index contributed by atoms with van der Waals surface area (Å²) in [6, 6.07) is 12.1. The number of anilines is 1. The molecule has 0 bridgehead atoms. The van der Waals surface area contributed by atoms with Crippen molar-refractivity contribution < 1.29 is 9.53 Å². The van der Waals surface area contributed by atoms with Crippen LogP contribution in [0.15, 0.2) is 41.8 Å². The number of benzene rings is 1. The summed E-state index contributed by atoms with van der Waals surface area (Å²) in [5, 5.41) is 2.02. The highest BCUT2D eigenvalue weighted by Gasteiger charge is 2.21. The van der Waals surface area contributed by atoms with Crippen LogP contribution < -0.4 is 9.64 Å². The van der Waals surface area contributed by atoms with Gasteiger partial charge in [0.25, 0.3) is 0 Å². The number of hydrogen-bond donors (Lipinski definition) is 0. The number of ether oxygens (including phenoxy) is 1. The molecule has 0 spiro atoms. The van der Waals surface area contributed by atoms with Crippen LogP contribution in [0.4, 0.5) is 5.69 Å². The number of thiophene rings is 1. The molecule has 2 aromatic rings. The van der Waals surface area contributed by atoms with Gasteiger partial charge in [-0.3, -0.25) is 4.79 Å². The monoisotopic (exact) mass is 316 g/mol. The zero-order chi connectivity index (χ0) is 15.4. The zero-order valence-electron chi connectivity index (χ0n) is 12.7. The van der Waals surface area contributed by atoms with Gasteiger partial charge in [0.2, 0.25) is 5.91 Å². The zero-order valence-corrected chi connectivity index (χ0v) is 13.5. The van der Waals surface area contributed by atoms with E-state index in [1.807, 2.05) is 40.6 Å². The number of carbonyl (C=O) groups excluding carboxylic acids is 1. The summed E-state index contributed by atoms with van der Waals surface area (Å²) in [6.45, 7) is 3.29. The Bertz CT molecular complexity index is 619. The van der Waals surface area contributed by atoms with Gasteiger partial charge in [0.15, 0.2) is 0 Å². The van der Waals surface area contributed by atoms with Gasteiger partial charge in [0, 0.05) is 42.8 Å². The van der Waals surface area contributed by atoms with Gasteiger partial charge in [-0.1, -0.05) is 12.1 Å². The molecule has 1 aliphatic rings. The van der Waals surface area contributed by atoms with Gasteiger partial charge in [-0.25, -0.2) is 0 Å². The molecule has 1 aromatic carbocycles. The van der Waals surface area contributed by atoms with Crippen molar-refractivity contribution >= 4 is 22.9 Å². The predicted octanol–water partition coefficient (Wildman–Crippen LogP) is 2.65. The quantitative estimate of drug-likeness (QED) is 0.869. The molecule has 0 saturated carbocycles. The Morgan fingerprint density at radius 3 is 2.68 bits per heavy atom. The predicted molar refractivity (Wildman–Crippen MR) is 89.8 cm³/mol. The Kier molecular flexibility index (Phi) is 4.63. The summed E-state index contributed by atoms with van der Waals surface area (Å²) in [7, 11) is 1.68. The second-order valence-corrected chi connectivity index (χ2v) is 6.36. The molecule has 4 nitrogen and oxygen atoms in total. The Morgan fingerprint density at radius 1 is 1.18 bits per heavy atom. The van der Waals surface area contributed by atoms with Crippen LogP contribution in [0.5, 0.6) is 5.75 Å². The van der Waals surface area contributed by atoms with E-state index in [9.17, 15) is 4.79 Å². The van der Waals surface area contributed by atoms with E-state index in [1.165, 1.54) is 0 Å². The first-order chi connectivity index (χ1) is 10.8. The Balaban J connectivity index is 1.56. The average Bonchev–Trinajstić information content (AvgIpc) is 3.08. The number of piperazine rings is 1. The van der Waals surface area contributed by atoms with Crippen LogP contribution in [-0.2, 0) is 11.2 Å². The molecule has 5 heteroatoms. The topological polar surface area (TPSA) is 32.8 Å². The summed E-state index contributed by atoms with van der Waals surface area (Å²) in [4.78, 5) is 17.7. The van der Waals surface area contributed by atoms with Gasteiger partial charge >= 0.3 is 0 Å². The molecule has 1 aliphatic heterocycles. The Morgan fingerprint density at radius 2 is 2.00 bits per heavy atom. The molecule has 0 N–H and O–H groups in total. The standard InChI is InChI=1S/C17H20N2O2S/c1-21-15-5-2-4-14(12-15)18-7-9-19(10-8-18)17(20)13-16-6-3-11-22-16/h2-6,11-12H,7-10,13H2,1H3. The third-order valence-corrected chi connectivity index (χ3v) is 4.83. The molecule has 116 valence electrons. The summed E-state index contributed by atoms with van der Waals surface area (Å²) in [5.41, 5.74) is 1.16. The maximum atomic E-state index is 12.3. The summed E-state index contributed by atoms with van der Waals surface area (Å²) in [5.74, 6) is 1.10. The van der Waals surface area contributed by atoms with Gasteiger partial charge in [0.1, 0.15) is 5.75 Å². The van der Waals surface area contributed by atoms with Crippen molar-refractivity contribution in [3.05, 3.63) is 46.7 Å². The van der Waals surface area contributed by atoms with Crippen molar-refractivity contribution in [2.45, 2.75) is 6.42 Å². The van der Waals surface area contributed by atoms with E-state index in [1.54, 1.807) is 18.4 Å². The van der Waals surface area contributed by atoms with Crippen LogP contribution in [0, 0.1) is 0 Å². The van der Waals surface area contributed by atoms with Crippen LogP contribution >= 0.6 is 11.3 Å². The van der Waals surface area contributed by atoms with Crippen molar-refractivity contribution in [3.8, 4) is 5.75 Å². The fourth-order valence-electron chi connectivity index (χ4n) is 2.70. The SMILES string of the molecule is COc1cccc(N2CCN(C(=O)Cc3cccs3)CC2)c1. The second-order valence-electron chi connectivity index (χ2n) is 5.33. The van der Waals surface area contributed by atoms with Gasteiger partial charge in [-0.05, 0) is 23.6 Å². The maximum absolute atomic E-state index is 12.3. The van der Waals surface area contributed by atoms with Crippen molar-refractivity contribution in [2.24, 2.45) is 0 Å². The molecule has 2 heterocycles. The molecule has 1 fully saturated rings. The first kappa shape index (κ1) is 14.9. The normalized spacial score (nSPS) is 15.0. The molecule has 22 heavy (non-hydrogen) atoms. The smallest absolute Gasteiger partial charge is 0.227 e. The second kappa shape index (κ2) is 6.83. The molecular formula is C17H20N2O2S. The lowest BCUT2D eigenvalue weighted by atomic mass is 10.2. The van der Waals surface area contributed by atoms with Crippen LogP contribution in [-0.4, -0.2) is 44.1 Å². The fourth-order valence-corrected chi connectivity index (χ4v) is 3.39.